The van der Waals surface area contributed by atoms with Crippen molar-refractivity contribution < 1.29 is 18.0 Å². The molecule has 33 heavy (non-hydrogen) atoms. The molecular formula is C23H27ClN4O4S. The molecule has 8 nitrogen and oxygen atoms in total. The van der Waals surface area contributed by atoms with Crippen LogP contribution >= 0.6 is 11.6 Å². The number of benzene rings is 2. The van der Waals surface area contributed by atoms with E-state index in [2.05, 4.69) is 10.1 Å². The number of hydrogen-bond acceptors (Lipinski definition) is 5. The zero-order valence-corrected chi connectivity index (χ0v) is 19.9. The summed E-state index contributed by atoms with van der Waals surface area (Å²) >= 11 is 6.04. The number of nitrogens with zero attached hydrogens (tertiary/aromatic N) is 1. The van der Waals surface area contributed by atoms with Crippen molar-refractivity contribution in [2.45, 2.75) is 38.6 Å². The Bertz CT molecular complexity index is 1170. The molecule has 2 amide bonds. The zero-order valence-electron chi connectivity index (χ0n) is 18.3. The predicted molar refractivity (Wildman–Crippen MR) is 127 cm³/mol. The average molecular weight is 491 g/mol. The molecular weight excluding hydrogens is 464 g/mol. The molecule has 0 atom stereocenters. The molecule has 0 aliphatic carbocycles. The van der Waals surface area contributed by atoms with Crippen molar-refractivity contribution in [1.82, 2.24) is 15.2 Å². The quantitative estimate of drug-likeness (QED) is 0.498. The molecule has 2 aromatic carbocycles. The highest BCUT2D eigenvalue weighted by Crippen LogP contribution is 2.22. The van der Waals surface area contributed by atoms with E-state index in [4.69, 9.17) is 17.3 Å². The minimum Gasteiger partial charge on any atom is -0.352 e. The number of nitrogens with two attached hydrogens (primary N) is 1. The number of sulfonamides is 1. The highest BCUT2D eigenvalue weighted by atomic mass is 35.5. The summed E-state index contributed by atoms with van der Waals surface area (Å²) in [6, 6.07) is 14.0. The van der Waals surface area contributed by atoms with E-state index < -0.39 is 15.9 Å². The number of halogens is 1. The summed E-state index contributed by atoms with van der Waals surface area (Å²) < 4.78 is 25.1. The molecule has 1 heterocycles. The third-order valence-corrected chi connectivity index (χ3v) is 6.83. The van der Waals surface area contributed by atoms with Crippen LogP contribution < -0.4 is 15.9 Å². The van der Waals surface area contributed by atoms with Gasteiger partial charge < -0.3 is 11.1 Å². The molecule has 1 aliphatic heterocycles. The lowest BCUT2D eigenvalue weighted by atomic mass is 9.98. The standard InChI is InChI=1S/C23H27ClN4O4S/c1-16-9-10-28(27-33(31,32)15-17-5-3-2-4-6-17)23(30)21(16)12-22(29)26-14-19-11-20(24)8-7-18(19)13-25/h2-8,11,27H,9-10,12-15,25H2,1H3,(H,26,29). The molecule has 0 aromatic heterocycles. The Balaban J connectivity index is 1.63. The molecule has 0 saturated heterocycles. The Morgan fingerprint density at radius 2 is 1.88 bits per heavy atom. The van der Waals surface area contributed by atoms with Crippen LogP contribution in [0.3, 0.4) is 0 Å². The van der Waals surface area contributed by atoms with Gasteiger partial charge in [0.15, 0.2) is 0 Å². The van der Waals surface area contributed by atoms with E-state index >= 15 is 0 Å². The van der Waals surface area contributed by atoms with E-state index in [0.717, 1.165) is 21.7 Å². The fraction of sp³-hybridized carbons (Fsp3) is 0.304. The van der Waals surface area contributed by atoms with Crippen molar-refractivity contribution in [3.63, 3.8) is 0 Å². The van der Waals surface area contributed by atoms with Crippen LogP contribution in [0.5, 0.6) is 0 Å². The van der Waals surface area contributed by atoms with Gasteiger partial charge in [-0.05, 0) is 42.2 Å². The SMILES string of the molecule is CC1=C(CC(=O)NCc2cc(Cl)ccc2CN)C(=O)N(NS(=O)(=O)Cc2ccccc2)CC1. The number of hydrogen-bond donors (Lipinski definition) is 3. The van der Waals surface area contributed by atoms with Gasteiger partial charge in [0.05, 0.1) is 12.2 Å². The van der Waals surface area contributed by atoms with E-state index in [-0.39, 0.29) is 36.7 Å². The zero-order chi connectivity index (χ0) is 24.0. The number of rotatable bonds is 9. The second-order valence-corrected chi connectivity index (χ2v) is 10.0. The van der Waals surface area contributed by atoms with Crippen molar-refractivity contribution >= 4 is 33.4 Å². The van der Waals surface area contributed by atoms with Gasteiger partial charge in [-0.25, -0.2) is 8.42 Å². The first-order valence-corrected chi connectivity index (χ1v) is 12.5. The first-order chi connectivity index (χ1) is 15.7. The molecule has 176 valence electrons. The first-order valence-electron chi connectivity index (χ1n) is 10.5. The number of amides is 2. The summed E-state index contributed by atoms with van der Waals surface area (Å²) in [5.74, 6) is -1.12. The molecule has 0 radical (unpaired) electrons. The molecule has 10 heteroatoms. The molecule has 0 fully saturated rings. The Hall–Kier alpha value is -2.72. The third-order valence-electron chi connectivity index (χ3n) is 5.38. The van der Waals surface area contributed by atoms with Crippen LogP contribution in [0.15, 0.2) is 59.7 Å². The summed E-state index contributed by atoms with van der Waals surface area (Å²) in [7, 11) is -3.79. The Morgan fingerprint density at radius 3 is 2.58 bits per heavy atom. The van der Waals surface area contributed by atoms with Gasteiger partial charge in [0, 0.05) is 30.2 Å². The van der Waals surface area contributed by atoms with E-state index in [9.17, 15) is 18.0 Å². The van der Waals surface area contributed by atoms with Gasteiger partial charge in [0.25, 0.3) is 5.91 Å². The van der Waals surface area contributed by atoms with E-state index in [1.165, 1.54) is 0 Å². The van der Waals surface area contributed by atoms with Crippen molar-refractivity contribution in [2.75, 3.05) is 6.54 Å². The summed E-state index contributed by atoms with van der Waals surface area (Å²) in [4.78, 5) is 27.9. The maximum Gasteiger partial charge on any atom is 0.265 e. The highest BCUT2D eigenvalue weighted by Gasteiger charge is 2.29. The fourth-order valence-electron chi connectivity index (χ4n) is 3.56. The second-order valence-electron chi connectivity index (χ2n) is 7.87. The van der Waals surface area contributed by atoms with Crippen LogP contribution in [-0.4, -0.2) is 31.8 Å². The Labute approximate surface area is 198 Å². The Kier molecular flexibility index (Phi) is 8.25. The maximum atomic E-state index is 12.9. The molecule has 0 saturated carbocycles. The number of nitrogens with one attached hydrogen (secondary N) is 2. The summed E-state index contributed by atoms with van der Waals surface area (Å²) in [5.41, 5.74) is 9.06. The average Bonchev–Trinajstić information content (AvgIpc) is 2.77. The van der Waals surface area contributed by atoms with Gasteiger partial charge in [0.1, 0.15) is 0 Å². The fourth-order valence-corrected chi connectivity index (χ4v) is 4.96. The summed E-state index contributed by atoms with van der Waals surface area (Å²) in [6.45, 7) is 2.51. The van der Waals surface area contributed by atoms with Gasteiger partial charge >= 0.3 is 0 Å². The number of hydrazine groups is 1. The predicted octanol–water partition coefficient (Wildman–Crippen LogP) is 2.39. The normalized spacial score (nSPS) is 14.5. The van der Waals surface area contributed by atoms with Crippen LogP contribution in [0.1, 0.15) is 36.5 Å². The minimum atomic E-state index is -3.79. The first kappa shape index (κ1) is 24.9. The van der Waals surface area contributed by atoms with Gasteiger partial charge in [-0.15, -0.1) is 4.83 Å². The molecule has 1 aliphatic rings. The number of carbonyl (C=O) groups is 2. The molecule has 3 rings (SSSR count). The topological polar surface area (TPSA) is 122 Å². The van der Waals surface area contributed by atoms with Crippen molar-refractivity contribution in [2.24, 2.45) is 5.73 Å². The van der Waals surface area contributed by atoms with E-state index in [1.54, 1.807) is 55.5 Å². The second kappa shape index (κ2) is 10.9. The van der Waals surface area contributed by atoms with Crippen LogP contribution in [0.25, 0.3) is 0 Å². The molecule has 0 spiro atoms. The van der Waals surface area contributed by atoms with E-state index in [1.807, 2.05) is 0 Å². The largest absolute Gasteiger partial charge is 0.352 e. The van der Waals surface area contributed by atoms with Crippen molar-refractivity contribution in [3.05, 3.63) is 81.4 Å². The molecule has 2 aromatic rings. The highest BCUT2D eigenvalue weighted by molar-refractivity contribution is 7.88. The van der Waals surface area contributed by atoms with Crippen LogP contribution in [0, 0.1) is 0 Å². The molecule has 4 N–H and O–H groups in total. The lowest BCUT2D eigenvalue weighted by molar-refractivity contribution is -0.131. The number of carbonyl (C=O) groups excluding carboxylic acids is 2. The van der Waals surface area contributed by atoms with Gasteiger partial charge in [0.2, 0.25) is 15.9 Å². The van der Waals surface area contributed by atoms with Crippen LogP contribution in [-0.2, 0) is 38.5 Å². The van der Waals surface area contributed by atoms with Gasteiger partial charge in [-0.3, -0.25) is 14.6 Å². The van der Waals surface area contributed by atoms with Crippen molar-refractivity contribution in [3.8, 4) is 0 Å². The lowest BCUT2D eigenvalue weighted by Gasteiger charge is -2.29. The van der Waals surface area contributed by atoms with Crippen LogP contribution in [0.2, 0.25) is 5.02 Å². The third kappa shape index (κ3) is 6.88. The Morgan fingerprint density at radius 1 is 1.15 bits per heavy atom. The van der Waals surface area contributed by atoms with Crippen LogP contribution in [0.4, 0.5) is 0 Å². The van der Waals surface area contributed by atoms with E-state index in [0.29, 0.717) is 23.6 Å². The van der Waals surface area contributed by atoms with Crippen molar-refractivity contribution in [1.29, 1.82) is 0 Å². The minimum absolute atomic E-state index is 0.153. The molecule has 0 bridgehead atoms. The molecule has 0 unspecified atom stereocenters. The smallest absolute Gasteiger partial charge is 0.265 e. The lowest BCUT2D eigenvalue weighted by Crippen LogP contribution is -2.49. The van der Waals surface area contributed by atoms with Gasteiger partial charge in [-0.1, -0.05) is 53.6 Å². The monoisotopic (exact) mass is 490 g/mol. The summed E-state index contributed by atoms with van der Waals surface area (Å²) in [6.07, 6.45) is 0.313. The van der Waals surface area contributed by atoms with Gasteiger partial charge in [-0.2, -0.15) is 0 Å². The summed E-state index contributed by atoms with van der Waals surface area (Å²) in [5, 5.41) is 4.39. The maximum absolute atomic E-state index is 12.9.